The molecule has 7 heteroatoms. The number of anilines is 1. The molecule has 0 radical (unpaired) electrons. The molecule has 2 rings (SSSR count). The van der Waals surface area contributed by atoms with Crippen molar-refractivity contribution in [2.24, 2.45) is 0 Å². The summed E-state index contributed by atoms with van der Waals surface area (Å²) >= 11 is 1.49. The summed E-state index contributed by atoms with van der Waals surface area (Å²) in [6.07, 6.45) is 7.61. The number of nitrogens with one attached hydrogen (secondary N) is 1. The zero-order valence-electron chi connectivity index (χ0n) is 12.7. The number of hydrogen-bond acceptors (Lipinski definition) is 6. The molecule has 0 saturated heterocycles. The van der Waals surface area contributed by atoms with E-state index in [9.17, 15) is 0 Å². The molecular weight excluding hydrogens is 286 g/mol. The molecule has 0 saturated carbocycles. The maximum atomic E-state index is 5.78. The first kappa shape index (κ1) is 15.6. The molecule has 1 N–H and O–H groups in total. The van der Waals surface area contributed by atoms with Crippen LogP contribution in [0.25, 0.3) is 0 Å². The van der Waals surface area contributed by atoms with Gasteiger partial charge in [0.15, 0.2) is 10.9 Å². The molecule has 21 heavy (non-hydrogen) atoms. The molecule has 0 spiro atoms. The minimum Gasteiger partial charge on any atom is -0.435 e. The van der Waals surface area contributed by atoms with E-state index in [0.717, 1.165) is 31.7 Å². The highest BCUT2D eigenvalue weighted by atomic mass is 32.2. The van der Waals surface area contributed by atoms with Crippen LogP contribution in [0.2, 0.25) is 0 Å². The van der Waals surface area contributed by atoms with E-state index < -0.39 is 0 Å². The smallest absolute Gasteiger partial charge is 0.225 e. The molecule has 2 heterocycles. The van der Waals surface area contributed by atoms with Gasteiger partial charge >= 0.3 is 0 Å². The number of rotatable bonds is 8. The van der Waals surface area contributed by atoms with E-state index in [-0.39, 0.29) is 0 Å². The number of aryl methyl sites for hydroxylation is 1. The quantitative estimate of drug-likeness (QED) is 0.595. The summed E-state index contributed by atoms with van der Waals surface area (Å²) in [6.45, 7) is 5.98. The van der Waals surface area contributed by atoms with Crippen molar-refractivity contribution in [3.05, 3.63) is 18.5 Å². The Morgan fingerprint density at radius 2 is 2.14 bits per heavy atom. The Kier molecular flexibility index (Phi) is 5.86. The standard InChI is InChI=1S/C14H21N5OS/c1-4-6-15-12-8-13(18-14(17-12)21-3)20-11-9-16-19(10-11)7-5-2/h8-10H,4-7H2,1-3H3,(H,15,17,18). The minimum atomic E-state index is 0.531. The van der Waals surface area contributed by atoms with Gasteiger partial charge in [0.1, 0.15) is 5.82 Å². The van der Waals surface area contributed by atoms with Crippen LogP contribution in [-0.4, -0.2) is 32.5 Å². The second-order valence-corrected chi connectivity index (χ2v) is 5.32. The molecule has 114 valence electrons. The molecule has 0 aliphatic carbocycles. The van der Waals surface area contributed by atoms with E-state index in [2.05, 4.69) is 34.2 Å². The number of thioether (sulfide) groups is 1. The van der Waals surface area contributed by atoms with Gasteiger partial charge in [0.25, 0.3) is 0 Å². The fraction of sp³-hybridized carbons (Fsp3) is 0.500. The van der Waals surface area contributed by atoms with Crippen molar-refractivity contribution in [1.29, 1.82) is 0 Å². The monoisotopic (exact) mass is 307 g/mol. The van der Waals surface area contributed by atoms with Gasteiger partial charge in [-0.3, -0.25) is 4.68 Å². The lowest BCUT2D eigenvalue weighted by atomic mass is 10.4. The Morgan fingerprint density at radius 1 is 1.29 bits per heavy atom. The highest BCUT2D eigenvalue weighted by Crippen LogP contribution is 2.23. The lowest BCUT2D eigenvalue weighted by Gasteiger charge is -2.08. The highest BCUT2D eigenvalue weighted by Gasteiger charge is 2.07. The average molecular weight is 307 g/mol. The van der Waals surface area contributed by atoms with E-state index in [1.807, 2.05) is 23.2 Å². The first-order valence-electron chi connectivity index (χ1n) is 7.12. The van der Waals surface area contributed by atoms with Crippen molar-refractivity contribution in [3.8, 4) is 11.6 Å². The van der Waals surface area contributed by atoms with Crippen LogP contribution in [0.5, 0.6) is 11.6 Å². The van der Waals surface area contributed by atoms with E-state index in [1.54, 1.807) is 6.20 Å². The van der Waals surface area contributed by atoms with Crippen molar-refractivity contribution >= 4 is 17.6 Å². The van der Waals surface area contributed by atoms with Gasteiger partial charge in [-0.15, -0.1) is 0 Å². The third-order valence-corrected chi connectivity index (χ3v) is 3.25. The first-order valence-corrected chi connectivity index (χ1v) is 8.34. The Balaban J connectivity index is 2.13. The summed E-state index contributed by atoms with van der Waals surface area (Å²) in [6, 6.07) is 1.81. The summed E-state index contributed by atoms with van der Waals surface area (Å²) in [5.74, 6) is 2.01. The van der Waals surface area contributed by atoms with Crippen LogP contribution in [0.15, 0.2) is 23.6 Å². The van der Waals surface area contributed by atoms with Gasteiger partial charge in [-0.2, -0.15) is 10.1 Å². The Morgan fingerprint density at radius 3 is 2.86 bits per heavy atom. The lowest BCUT2D eigenvalue weighted by Crippen LogP contribution is -2.04. The van der Waals surface area contributed by atoms with Crippen LogP contribution in [0, 0.1) is 0 Å². The molecular formula is C14H21N5OS. The Hall–Kier alpha value is -1.76. The molecule has 0 atom stereocenters. The van der Waals surface area contributed by atoms with Crippen molar-refractivity contribution in [3.63, 3.8) is 0 Å². The zero-order chi connectivity index (χ0) is 15.1. The molecule has 0 bridgehead atoms. The molecule has 0 aromatic carbocycles. The third-order valence-electron chi connectivity index (χ3n) is 2.71. The summed E-state index contributed by atoms with van der Waals surface area (Å²) in [4.78, 5) is 8.77. The van der Waals surface area contributed by atoms with E-state index >= 15 is 0 Å². The maximum Gasteiger partial charge on any atom is 0.225 e. The van der Waals surface area contributed by atoms with Gasteiger partial charge < -0.3 is 10.1 Å². The van der Waals surface area contributed by atoms with Gasteiger partial charge in [0.2, 0.25) is 5.88 Å². The maximum absolute atomic E-state index is 5.78. The van der Waals surface area contributed by atoms with Crippen LogP contribution in [0.3, 0.4) is 0 Å². The number of aromatic nitrogens is 4. The topological polar surface area (TPSA) is 64.9 Å². The number of hydrogen-bond donors (Lipinski definition) is 1. The average Bonchev–Trinajstić information content (AvgIpc) is 2.92. The van der Waals surface area contributed by atoms with Crippen molar-refractivity contribution < 1.29 is 4.74 Å². The molecule has 0 amide bonds. The Bertz CT molecular complexity index is 572. The van der Waals surface area contributed by atoms with E-state index in [1.165, 1.54) is 11.8 Å². The molecule has 0 unspecified atom stereocenters. The molecule has 2 aromatic heterocycles. The molecule has 0 fully saturated rings. The first-order chi connectivity index (χ1) is 10.2. The highest BCUT2D eigenvalue weighted by molar-refractivity contribution is 7.98. The predicted octanol–water partition coefficient (Wildman–Crippen LogP) is 3.42. The molecule has 2 aromatic rings. The largest absolute Gasteiger partial charge is 0.435 e. The molecule has 0 aliphatic heterocycles. The molecule has 0 aliphatic rings. The van der Waals surface area contributed by atoms with Crippen LogP contribution >= 0.6 is 11.8 Å². The fourth-order valence-electron chi connectivity index (χ4n) is 1.76. The van der Waals surface area contributed by atoms with E-state index in [0.29, 0.717) is 16.8 Å². The summed E-state index contributed by atoms with van der Waals surface area (Å²) in [5.41, 5.74) is 0. The van der Waals surface area contributed by atoms with Crippen molar-refractivity contribution in [2.75, 3.05) is 18.1 Å². The zero-order valence-corrected chi connectivity index (χ0v) is 13.5. The van der Waals surface area contributed by atoms with Crippen LogP contribution < -0.4 is 10.1 Å². The predicted molar refractivity (Wildman–Crippen MR) is 85.2 cm³/mol. The summed E-state index contributed by atoms with van der Waals surface area (Å²) < 4.78 is 7.64. The van der Waals surface area contributed by atoms with Gasteiger partial charge in [0, 0.05) is 19.2 Å². The van der Waals surface area contributed by atoms with E-state index in [4.69, 9.17) is 4.74 Å². The van der Waals surface area contributed by atoms with Crippen LogP contribution in [0.4, 0.5) is 5.82 Å². The number of nitrogens with zero attached hydrogens (tertiary/aromatic N) is 4. The van der Waals surface area contributed by atoms with Crippen molar-refractivity contribution in [1.82, 2.24) is 19.7 Å². The number of ether oxygens (including phenoxy) is 1. The van der Waals surface area contributed by atoms with Gasteiger partial charge in [-0.25, -0.2) is 4.98 Å². The van der Waals surface area contributed by atoms with Crippen molar-refractivity contribution in [2.45, 2.75) is 38.4 Å². The van der Waals surface area contributed by atoms with Crippen LogP contribution in [0.1, 0.15) is 26.7 Å². The normalized spacial score (nSPS) is 10.6. The van der Waals surface area contributed by atoms with Gasteiger partial charge in [-0.05, 0) is 19.1 Å². The third kappa shape index (κ3) is 4.63. The lowest BCUT2D eigenvalue weighted by molar-refractivity contribution is 0.454. The van der Waals surface area contributed by atoms with Crippen LogP contribution in [-0.2, 0) is 6.54 Å². The van der Waals surface area contributed by atoms with Gasteiger partial charge in [0.05, 0.1) is 12.4 Å². The SMILES string of the molecule is CCCNc1cc(Oc2cnn(CCC)c2)nc(SC)n1. The van der Waals surface area contributed by atoms with Gasteiger partial charge in [-0.1, -0.05) is 25.6 Å². The minimum absolute atomic E-state index is 0.531. The second-order valence-electron chi connectivity index (χ2n) is 4.55. The second kappa shape index (κ2) is 7.87. The fourth-order valence-corrected chi connectivity index (χ4v) is 2.13. The Labute approximate surface area is 129 Å². The summed E-state index contributed by atoms with van der Waals surface area (Å²) in [5, 5.41) is 8.19. The summed E-state index contributed by atoms with van der Waals surface area (Å²) in [7, 11) is 0. The molecule has 6 nitrogen and oxygen atoms in total.